The van der Waals surface area contributed by atoms with Crippen LogP contribution in [0.15, 0.2) is 18.2 Å². The summed E-state index contributed by atoms with van der Waals surface area (Å²) in [5.74, 6) is -0.571. The first-order chi connectivity index (χ1) is 9.55. The summed E-state index contributed by atoms with van der Waals surface area (Å²) in [6.45, 7) is 1.12. The molecule has 0 amide bonds. The predicted octanol–water partition coefficient (Wildman–Crippen LogP) is 1.38. The maximum Gasteiger partial charge on any atom is 0.141 e. The Bertz CT molecular complexity index is 555. The zero-order chi connectivity index (χ0) is 14.3. The van der Waals surface area contributed by atoms with Crippen molar-refractivity contribution in [2.24, 2.45) is 0 Å². The number of hydrogen-bond acceptors (Lipinski definition) is 4. The Morgan fingerprint density at radius 3 is 2.65 bits per heavy atom. The molecule has 5 heteroatoms. The number of hydrogen-bond donors (Lipinski definition) is 1. The third-order valence-corrected chi connectivity index (χ3v) is 4.55. The second-order valence-corrected chi connectivity index (χ2v) is 5.72. The number of rotatable bonds is 1. The Morgan fingerprint density at radius 1 is 1.40 bits per heavy atom. The summed E-state index contributed by atoms with van der Waals surface area (Å²) in [6.07, 6.45) is 0.913. The van der Waals surface area contributed by atoms with Crippen molar-refractivity contribution in [3.63, 3.8) is 0 Å². The van der Waals surface area contributed by atoms with Gasteiger partial charge in [-0.25, -0.2) is 4.39 Å². The van der Waals surface area contributed by atoms with Crippen LogP contribution >= 0.6 is 0 Å². The highest BCUT2D eigenvalue weighted by Crippen LogP contribution is 2.41. The van der Waals surface area contributed by atoms with E-state index in [1.54, 1.807) is 12.1 Å². The summed E-state index contributed by atoms with van der Waals surface area (Å²) in [6, 6.07) is 6.54. The molecule has 1 aromatic rings. The smallest absolute Gasteiger partial charge is 0.141 e. The van der Waals surface area contributed by atoms with Gasteiger partial charge in [0.25, 0.3) is 0 Å². The Morgan fingerprint density at radius 2 is 2.05 bits per heavy atom. The van der Waals surface area contributed by atoms with E-state index in [9.17, 15) is 9.50 Å². The number of nitrogens with zero attached hydrogens (tertiary/aromatic N) is 2. The van der Waals surface area contributed by atoms with Gasteiger partial charge in [-0.05, 0) is 26.0 Å². The second-order valence-electron chi connectivity index (χ2n) is 5.72. The molecule has 1 aromatic carbocycles. The third-order valence-electron chi connectivity index (χ3n) is 4.55. The van der Waals surface area contributed by atoms with E-state index in [0.717, 1.165) is 0 Å². The quantitative estimate of drug-likeness (QED) is 0.842. The first-order valence-corrected chi connectivity index (χ1v) is 6.76. The van der Waals surface area contributed by atoms with Crippen molar-refractivity contribution in [1.29, 1.82) is 5.26 Å². The molecule has 0 aromatic heterocycles. The van der Waals surface area contributed by atoms with Gasteiger partial charge in [0.2, 0.25) is 0 Å². The topological polar surface area (TPSA) is 56.5 Å². The van der Waals surface area contributed by atoms with Crippen LogP contribution < -0.4 is 0 Å². The first-order valence-electron chi connectivity index (χ1n) is 6.76. The summed E-state index contributed by atoms with van der Waals surface area (Å²) in [7, 11) is 2.02. The van der Waals surface area contributed by atoms with Gasteiger partial charge in [0.05, 0.1) is 24.4 Å². The maximum atomic E-state index is 13.8. The van der Waals surface area contributed by atoms with Crippen LogP contribution in [0.4, 0.5) is 4.39 Å². The number of piperidine rings is 1. The molecule has 2 bridgehead atoms. The van der Waals surface area contributed by atoms with Gasteiger partial charge in [0.1, 0.15) is 11.9 Å². The molecule has 2 aliphatic heterocycles. The van der Waals surface area contributed by atoms with E-state index < -0.39 is 11.4 Å². The minimum Gasteiger partial charge on any atom is -0.385 e. The van der Waals surface area contributed by atoms with E-state index >= 15 is 0 Å². The summed E-state index contributed by atoms with van der Waals surface area (Å²) in [5, 5.41) is 20.2. The molecule has 0 saturated carbocycles. The van der Waals surface area contributed by atoms with Gasteiger partial charge >= 0.3 is 0 Å². The fourth-order valence-corrected chi connectivity index (χ4v) is 3.39. The molecule has 106 valence electrons. The highest BCUT2D eigenvalue weighted by molar-refractivity contribution is 5.43. The monoisotopic (exact) mass is 276 g/mol. The lowest BCUT2D eigenvalue weighted by Gasteiger charge is -2.50. The minimum absolute atomic E-state index is 0.0430. The van der Waals surface area contributed by atoms with Crippen molar-refractivity contribution < 1.29 is 14.2 Å². The van der Waals surface area contributed by atoms with Crippen molar-refractivity contribution in [1.82, 2.24) is 4.90 Å². The van der Waals surface area contributed by atoms with Crippen LogP contribution in [-0.4, -0.2) is 42.4 Å². The lowest BCUT2D eigenvalue weighted by Crippen LogP contribution is -2.59. The lowest BCUT2D eigenvalue weighted by atomic mass is 9.75. The number of aliphatic hydroxyl groups is 1. The van der Waals surface area contributed by atoms with Crippen LogP contribution in [0.3, 0.4) is 0 Å². The van der Waals surface area contributed by atoms with Gasteiger partial charge in [0, 0.05) is 17.6 Å². The SMILES string of the molecule is CN1C2COCC1CC(O)(c1cccc(F)c1C#N)C2. The molecular formula is C15H17FN2O2. The largest absolute Gasteiger partial charge is 0.385 e. The fourth-order valence-electron chi connectivity index (χ4n) is 3.39. The molecule has 3 rings (SSSR count). The zero-order valence-electron chi connectivity index (χ0n) is 11.3. The Labute approximate surface area is 117 Å². The summed E-state index contributed by atoms with van der Waals surface area (Å²) in [4.78, 5) is 2.21. The molecule has 20 heavy (non-hydrogen) atoms. The minimum atomic E-state index is -1.15. The number of ether oxygens (including phenoxy) is 1. The Hall–Kier alpha value is -1.48. The highest BCUT2D eigenvalue weighted by Gasteiger charge is 2.46. The fraction of sp³-hybridized carbons (Fsp3) is 0.533. The molecule has 2 unspecified atom stereocenters. The summed E-state index contributed by atoms with van der Waals surface area (Å²) in [5.41, 5.74) is -0.790. The van der Waals surface area contributed by atoms with E-state index in [2.05, 4.69) is 4.90 Å². The molecule has 2 fully saturated rings. The third kappa shape index (κ3) is 2.01. The number of fused-ring (bicyclic) bond motifs is 2. The number of likely N-dealkylation sites (N-methyl/N-ethyl adjacent to an activating group) is 1. The zero-order valence-corrected chi connectivity index (χ0v) is 11.3. The van der Waals surface area contributed by atoms with Gasteiger partial charge in [-0.3, -0.25) is 4.90 Å². The van der Waals surface area contributed by atoms with E-state index in [-0.39, 0.29) is 17.6 Å². The van der Waals surface area contributed by atoms with E-state index in [0.29, 0.717) is 31.6 Å². The van der Waals surface area contributed by atoms with Gasteiger partial charge in [-0.15, -0.1) is 0 Å². The van der Waals surface area contributed by atoms with Crippen molar-refractivity contribution in [3.05, 3.63) is 35.1 Å². The van der Waals surface area contributed by atoms with Crippen LogP contribution in [0.5, 0.6) is 0 Å². The van der Waals surface area contributed by atoms with Gasteiger partial charge in [-0.2, -0.15) is 5.26 Å². The molecule has 2 aliphatic rings. The molecule has 0 radical (unpaired) electrons. The van der Waals surface area contributed by atoms with Gasteiger partial charge in [0.15, 0.2) is 0 Å². The summed E-state index contributed by atoms with van der Waals surface area (Å²) < 4.78 is 19.3. The summed E-state index contributed by atoms with van der Waals surface area (Å²) >= 11 is 0. The Balaban J connectivity index is 2.02. The van der Waals surface area contributed by atoms with Crippen molar-refractivity contribution in [2.45, 2.75) is 30.5 Å². The molecule has 0 aliphatic carbocycles. The van der Waals surface area contributed by atoms with E-state index in [1.807, 2.05) is 13.1 Å². The second kappa shape index (κ2) is 4.81. The molecule has 2 saturated heterocycles. The average molecular weight is 276 g/mol. The maximum absolute atomic E-state index is 13.8. The van der Waals surface area contributed by atoms with Gasteiger partial charge < -0.3 is 9.84 Å². The highest BCUT2D eigenvalue weighted by atomic mass is 19.1. The van der Waals surface area contributed by atoms with Crippen LogP contribution in [0.25, 0.3) is 0 Å². The molecule has 2 heterocycles. The van der Waals surface area contributed by atoms with Crippen molar-refractivity contribution >= 4 is 0 Å². The van der Waals surface area contributed by atoms with Crippen LogP contribution in [0.1, 0.15) is 24.0 Å². The normalized spacial score (nSPS) is 33.7. The molecule has 2 atom stereocenters. The first kappa shape index (κ1) is 13.5. The molecule has 0 spiro atoms. The number of benzene rings is 1. The van der Waals surface area contributed by atoms with Crippen LogP contribution in [0, 0.1) is 17.1 Å². The van der Waals surface area contributed by atoms with Gasteiger partial charge in [-0.1, -0.05) is 12.1 Å². The average Bonchev–Trinajstić information content (AvgIpc) is 2.40. The lowest BCUT2D eigenvalue weighted by molar-refractivity contribution is -0.137. The predicted molar refractivity (Wildman–Crippen MR) is 70.4 cm³/mol. The van der Waals surface area contributed by atoms with Crippen molar-refractivity contribution in [2.75, 3.05) is 20.3 Å². The van der Waals surface area contributed by atoms with E-state index in [4.69, 9.17) is 10.00 Å². The van der Waals surface area contributed by atoms with Crippen LogP contribution in [-0.2, 0) is 10.3 Å². The standard InChI is InChI=1S/C15H17FN2O2/c1-18-10-5-15(19,6-11(18)9-20-8-10)13-3-2-4-14(16)12(13)7-17/h2-4,10-11,19H,5-6,8-9H2,1H3. The molecular weight excluding hydrogens is 259 g/mol. The molecule has 1 N–H and O–H groups in total. The number of nitriles is 1. The number of halogens is 1. The van der Waals surface area contributed by atoms with Crippen molar-refractivity contribution in [3.8, 4) is 6.07 Å². The van der Waals surface area contributed by atoms with Crippen LogP contribution in [0.2, 0.25) is 0 Å². The molecule has 4 nitrogen and oxygen atoms in total. The Kier molecular flexibility index (Phi) is 3.25. The van der Waals surface area contributed by atoms with E-state index in [1.165, 1.54) is 6.07 Å². The number of morpholine rings is 1.